The van der Waals surface area contributed by atoms with Gasteiger partial charge in [0.25, 0.3) is 0 Å². The van der Waals surface area contributed by atoms with E-state index in [4.69, 9.17) is 4.99 Å². The zero-order valence-corrected chi connectivity index (χ0v) is 19.5. The fourth-order valence-corrected chi connectivity index (χ4v) is 4.07. The number of nitrogens with zero attached hydrogens (tertiary/aromatic N) is 1. The quantitative estimate of drug-likeness (QED) is 0.468. The van der Waals surface area contributed by atoms with Gasteiger partial charge in [-0.15, -0.1) is 0 Å². The fraction of sp³-hybridized carbons (Fsp3) is 0.179. The molecule has 3 aromatic rings. The summed E-state index contributed by atoms with van der Waals surface area (Å²) in [5.74, 6) is 0.815. The van der Waals surface area contributed by atoms with Crippen LogP contribution in [0.15, 0.2) is 78.1 Å². The summed E-state index contributed by atoms with van der Waals surface area (Å²) in [6, 6.07) is 21.4. The highest BCUT2D eigenvalue weighted by atomic mass is 15.4. The van der Waals surface area contributed by atoms with Gasteiger partial charge in [-0.2, -0.15) is 0 Å². The maximum atomic E-state index is 4.89. The molecule has 5 rings (SSSR count). The van der Waals surface area contributed by atoms with Gasteiger partial charge in [-0.25, -0.2) is 4.99 Å². The van der Waals surface area contributed by atoms with Gasteiger partial charge < -0.3 is 16.1 Å². The molecular weight excluding hydrogens is 406 g/mol. The van der Waals surface area contributed by atoms with Crippen LogP contribution in [0.4, 0.5) is 0 Å². The Morgan fingerprint density at radius 3 is 2.24 bits per heavy atom. The third kappa shape index (κ3) is 4.22. The van der Waals surface area contributed by atoms with Gasteiger partial charge in [-0.3, -0.25) is 5.43 Å². The number of hydrogen-bond acceptors (Lipinski definition) is 5. The Morgan fingerprint density at radius 1 is 0.697 bits per heavy atom. The standard InChI is InChI=1S/C28H29N5/c1-17-8-10-23(12-19(17)3)27-29-15-25(31-27)21-6-5-7-22(14-21)26-16-30-33-28(32-26)24-11-9-18(2)20(4)13-24/h5-16,27,29-31H,1-4H3,(H,32,33). The molecule has 1 atom stereocenters. The van der Waals surface area contributed by atoms with Crippen LogP contribution in [0.3, 0.4) is 0 Å². The largest absolute Gasteiger partial charge is 0.366 e. The van der Waals surface area contributed by atoms with Crippen LogP contribution >= 0.6 is 0 Å². The van der Waals surface area contributed by atoms with Crippen LogP contribution in [0.5, 0.6) is 0 Å². The van der Waals surface area contributed by atoms with E-state index in [0.29, 0.717) is 0 Å². The van der Waals surface area contributed by atoms with Crippen molar-refractivity contribution in [1.82, 2.24) is 21.5 Å². The summed E-state index contributed by atoms with van der Waals surface area (Å²) in [5, 5.41) is 7.08. The first-order valence-electron chi connectivity index (χ1n) is 11.3. The Morgan fingerprint density at radius 2 is 1.45 bits per heavy atom. The third-order valence-corrected chi connectivity index (χ3v) is 6.44. The number of amidine groups is 1. The monoisotopic (exact) mass is 435 g/mol. The summed E-state index contributed by atoms with van der Waals surface area (Å²) in [7, 11) is 0. The molecule has 166 valence electrons. The van der Waals surface area contributed by atoms with Gasteiger partial charge in [0.2, 0.25) is 0 Å². The SMILES string of the molecule is Cc1ccc(C2=NC(c3cccc(C4=CNC(c5ccc(C)c(C)c5)N4)c3)=CNN2)cc1C. The normalized spacial score (nSPS) is 17.1. The Balaban J connectivity index is 1.37. The van der Waals surface area contributed by atoms with Crippen LogP contribution in [0.25, 0.3) is 11.4 Å². The summed E-state index contributed by atoms with van der Waals surface area (Å²) in [6.07, 6.45) is 4.02. The third-order valence-electron chi connectivity index (χ3n) is 6.44. The second-order valence-electron chi connectivity index (χ2n) is 8.78. The molecular formula is C28H29N5. The summed E-state index contributed by atoms with van der Waals surface area (Å²) < 4.78 is 0. The second kappa shape index (κ2) is 8.51. The van der Waals surface area contributed by atoms with Crippen molar-refractivity contribution in [3.05, 3.63) is 118 Å². The molecule has 0 saturated heterocycles. The maximum Gasteiger partial charge on any atom is 0.152 e. The molecule has 33 heavy (non-hydrogen) atoms. The molecule has 0 spiro atoms. The minimum Gasteiger partial charge on any atom is -0.366 e. The average Bonchev–Trinajstić information content (AvgIpc) is 3.33. The lowest BCUT2D eigenvalue weighted by Gasteiger charge is -2.18. The highest BCUT2D eigenvalue weighted by Crippen LogP contribution is 2.27. The highest BCUT2D eigenvalue weighted by Gasteiger charge is 2.19. The summed E-state index contributed by atoms with van der Waals surface area (Å²) in [6.45, 7) is 8.54. The van der Waals surface area contributed by atoms with Crippen LogP contribution in [-0.4, -0.2) is 5.84 Å². The molecule has 0 aromatic heterocycles. The Kier molecular flexibility index (Phi) is 5.38. The molecule has 3 aromatic carbocycles. The van der Waals surface area contributed by atoms with Crippen molar-refractivity contribution < 1.29 is 0 Å². The summed E-state index contributed by atoms with van der Waals surface area (Å²) >= 11 is 0. The zero-order valence-electron chi connectivity index (χ0n) is 19.5. The molecule has 4 N–H and O–H groups in total. The number of nitrogens with one attached hydrogen (secondary N) is 4. The first kappa shape index (κ1) is 20.9. The van der Waals surface area contributed by atoms with E-state index in [1.165, 1.54) is 27.8 Å². The van der Waals surface area contributed by atoms with Crippen LogP contribution in [0.2, 0.25) is 0 Å². The van der Waals surface area contributed by atoms with Crippen molar-refractivity contribution in [3.8, 4) is 0 Å². The van der Waals surface area contributed by atoms with Crippen LogP contribution in [0.1, 0.15) is 50.7 Å². The molecule has 2 aliphatic rings. The van der Waals surface area contributed by atoms with E-state index in [9.17, 15) is 0 Å². The van der Waals surface area contributed by atoms with Gasteiger partial charge in [-0.05, 0) is 73.2 Å². The Hall–Kier alpha value is -3.99. The summed E-state index contributed by atoms with van der Waals surface area (Å²) in [4.78, 5) is 4.89. The van der Waals surface area contributed by atoms with Crippen molar-refractivity contribution >= 4 is 17.2 Å². The number of benzene rings is 3. The van der Waals surface area contributed by atoms with Gasteiger partial charge in [0.05, 0.1) is 11.4 Å². The molecule has 0 amide bonds. The molecule has 0 bridgehead atoms. The molecule has 0 saturated carbocycles. The Labute approximate surface area is 195 Å². The van der Waals surface area contributed by atoms with Gasteiger partial charge in [0.1, 0.15) is 6.17 Å². The first-order valence-corrected chi connectivity index (χ1v) is 11.3. The lowest BCUT2D eigenvalue weighted by molar-refractivity contribution is 0.613. The number of hydrazine groups is 1. The van der Waals surface area contributed by atoms with Crippen LogP contribution in [-0.2, 0) is 0 Å². The number of rotatable bonds is 4. The van der Waals surface area contributed by atoms with Gasteiger partial charge in [0.15, 0.2) is 5.84 Å². The number of aliphatic imine (C=N–C) groups is 1. The lowest BCUT2D eigenvalue weighted by atomic mass is 10.0. The van der Waals surface area contributed by atoms with E-state index in [2.05, 4.69) is 116 Å². The average molecular weight is 436 g/mol. The van der Waals surface area contributed by atoms with Crippen molar-refractivity contribution in [3.63, 3.8) is 0 Å². The zero-order chi connectivity index (χ0) is 22.9. The second-order valence-corrected chi connectivity index (χ2v) is 8.78. The smallest absolute Gasteiger partial charge is 0.152 e. The minimum atomic E-state index is 0.0668. The number of aryl methyl sites for hydroxylation is 4. The molecule has 0 aliphatic carbocycles. The van der Waals surface area contributed by atoms with Crippen LogP contribution in [0, 0.1) is 27.7 Å². The van der Waals surface area contributed by atoms with E-state index in [1.54, 1.807) is 0 Å². The Bertz CT molecular complexity index is 1320. The van der Waals surface area contributed by atoms with E-state index >= 15 is 0 Å². The van der Waals surface area contributed by atoms with Crippen molar-refractivity contribution in [1.29, 1.82) is 0 Å². The predicted molar refractivity (Wildman–Crippen MR) is 136 cm³/mol. The van der Waals surface area contributed by atoms with E-state index in [1.807, 2.05) is 6.20 Å². The molecule has 2 aliphatic heterocycles. The molecule has 2 heterocycles. The minimum absolute atomic E-state index is 0.0668. The molecule has 0 fully saturated rings. The topological polar surface area (TPSA) is 60.5 Å². The molecule has 5 nitrogen and oxygen atoms in total. The fourth-order valence-electron chi connectivity index (χ4n) is 4.07. The van der Waals surface area contributed by atoms with Crippen molar-refractivity contribution in [2.75, 3.05) is 0 Å². The highest BCUT2D eigenvalue weighted by molar-refractivity contribution is 6.02. The first-order chi connectivity index (χ1) is 16.0. The molecule has 5 heteroatoms. The van der Waals surface area contributed by atoms with Crippen molar-refractivity contribution in [2.24, 2.45) is 4.99 Å². The van der Waals surface area contributed by atoms with E-state index in [-0.39, 0.29) is 6.17 Å². The van der Waals surface area contributed by atoms with E-state index in [0.717, 1.165) is 33.9 Å². The van der Waals surface area contributed by atoms with Gasteiger partial charge >= 0.3 is 0 Å². The van der Waals surface area contributed by atoms with Crippen molar-refractivity contribution in [2.45, 2.75) is 33.9 Å². The summed E-state index contributed by atoms with van der Waals surface area (Å²) in [5.41, 5.74) is 17.9. The van der Waals surface area contributed by atoms with Gasteiger partial charge in [0, 0.05) is 23.5 Å². The van der Waals surface area contributed by atoms with E-state index < -0.39 is 0 Å². The predicted octanol–water partition coefficient (Wildman–Crippen LogP) is 4.96. The molecule has 0 radical (unpaired) electrons. The van der Waals surface area contributed by atoms with Gasteiger partial charge in [-0.1, -0.05) is 48.5 Å². The lowest BCUT2D eigenvalue weighted by Crippen LogP contribution is -2.37. The number of hydrogen-bond donors (Lipinski definition) is 4. The molecule has 1 unspecified atom stereocenters. The maximum absolute atomic E-state index is 4.89. The van der Waals surface area contributed by atoms with Crippen LogP contribution < -0.4 is 21.5 Å².